The summed E-state index contributed by atoms with van der Waals surface area (Å²) in [6, 6.07) is 8.43. The predicted molar refractivity (Wildman–Crippen MR) is 74.4 cm³/mol. The molecule has 0 spiro atoms. The first-order valence-electron chi connectivity index (χ1n) is 6.15. The van der Waals surface area contributed by atoms with Crippen LogP contribution in [0.3, 0.4) is 0 Å². The first kappa shape index (κ1) is 12.6. The van der Waals surface area contributed by atoms with E-state index in [1.54, 1.807) is 6.92 Å². The second-order valence-corrected chi connectivity index (χ2v) is 5.74. The Labute approximate surface area is 111 Å². The van der Waals surface area contributed by atoms with E-state index in [0.717, 1.165) is 30.4 Å². The van der Waals surface area contributed by atoms with E-state index in [-0.39, 0.29) is 0 Å². The lowest BCUT2D eigenvalue weighted by atomic mass is 10.0. The number of hydrogen-bond donors (Lipinski definition) is 0. The molecule has 0 amide bonds. The Bertz CT molecular complexity index is 405. The molecule has 1 heterocycles. The Morgan fingerprint density at radius 3 is 3.06 bits per heavy atom. The minimum absolute atomic E-state index is 0.311. The first-order valence-corrected chi connectivity index (χ1v) is 6.94. The Balaban J connectivity index is 1.91. The molecule has 3 heteroatoms. The molecule has 1 saturated heterocycles. The van der Waals surface area contributed by atoms with E-state index in [2.05, 4.69) is 39.0 Å². The number of anilines is 1. The van der Waals surface area contributed by atoms with Crippen molar-refractivity contribution < 1.29 is 4.79 Å². The van der Waals surface area contributed by atoms with Crippen LogP contribution < -0.4 is 4.90 Å². The molecule has 0 radical (unpaired) electrons. The van der Waals surface area contributed by atoms with Crippen molar-refractivity contribution in [1.29, 1.82) is 0 Å². The van der Waals surface area contributed by atoms with Crippen LogP contribution in [0.1, 0.15) is 26.2 Å². The summed E-state index contributed by atoms with van der Waals surface area (Å²) in [5.74, 6) is 0.990. The van der Waals surface area contributed by atoms with Gasteiger partial charge in [-0.05, 0) is 43.9 Å². The first-order chi connectivity index (χ1) is 8.15. The number of ketones is 1. The lowest BCUT2D eigenvalue weighted by Gasteiger charge is -2.18. The van der Waals surface area contributed by atoms with Crippen molar-refractivity contribution in [2.24, 2.45) is 5.92 Å². The van der Waals surface area contributed by atoms with Gasteiger partial charge in [-0.15, -0.1) is 0 Å². The SMILES string of the molecule is CC(=O)CCC1CCN(c2cccc(Br)c2)C1. The second kappa shape index (κ2) is 5.67. The van der Waals surface area contributed by atoms with Crippen LogP contribution in [0.25, 0.3) is 0 Å². The average molecular weight is 296 g/mol. The second-order valence-electron chi connectivity index (χ2n) is 4.82. The lowest BCUT2D eigenvalue weighted by molar-refractivity contribution is -0.117. The summed E-state index contributed by atoms with van der Waals surface area (Å²) in [7, 11) is 0. The highest BCUT2D eigenvalue weighted by molar-refractivity contribution is 9.10. The van der Waals surface area contributed by atoms with Gasteiger partial charge in [0.25, 0.3) is 0 Å². The summed E-state index contributed by atoms with van der Waals surface area (Å²) < 4.78 is 1.13. The molecule has 1 fully saturated rings. The van der Waals surface area contributed by atoms with E-state index < -0.39 is 0 Å². The molecule has 0 aromatic heterocycles. The van der Waals surface area contributed by atoms with Crippen LogP contribution in [0.5, 0.6) is 0 Å². The van der Waals surface area contributed by atoms with Gasteiger partial charge in [0, 0.05) is 29.7 Å². The predicted octanol–water partition coefficient (Wildman–Crippen LogP) is 3.64. The molecule has 1 unspecified atom stereocenters. The molecule has 0 aliphatic carbocycles. The molecule has 1 aliphatic heterocycles. The molecular weight excluding hydrogens is 278 g/mol. The van der Waals surface area contributed by atoms with Crippen molar-refractivity contribution in [2.75, 3.05) is 18.0 Å². The minimum Gasteiger partial charge on any atom is -0.371 e. The molecule has 1 aromatic carbocycles. The number of rotatable bonds is 4. The zero-order chi connectivity index (χ0) is 12.3. The van der Waals surface area contributed by atoms with E-state index >= 15 is 0 Å². The van der Waals surface area contributed by atoms with Crippen molar-refractivity contribution in [3.63, 3.8) is 0 Å². The van der Waals surface area contributed by atoms with Gasteiger partial charge in [0.2, 0.25) is 0 Å². The largest absolute Gasteiger partial charge is 0.371 e. The van der Waals surface area contributed by atoms with Gasteiger partial charge >= 0.3 is 0 Å². The zero-order valence-electron chi connectivity index (χ0n) is 10.2. The van der Waals surface area contributed by atoms with Gasteiger partial charge in [-0.1, -0.05) is 22.0 Å². The van der Waals surface area contributed by atoms with Crippen LogP contribution in [0, 0.1) is 5.92 Å². The Morgan fingerprint density at radius 1 is 1.53 bits per heavy atom. The standard InChI is InChI=1S/C14H18BrNO/c1-11(17)5-6-12-7-8-16(10-12)14-4-2-3-13(15)9-14/h2-4,9,12H,5-8,10H2,1H3. The molecule has 2 rings (SSSR count). The number of carbonyl (C=O) groups is 1. The molecule has 1 aromatic rings. The van der Waals surface area contributed by atoms with E-state index in [1.165, 1.54) is 12.1 Å². The highest BCUT2D eigenvalue weighted by Crippen LogP contribution is 2.28. The summed E-state index contributed by atoms with van der Waals surface area (Å²) in [4.78, 5) is 13.4. The third-order valence-electron chi connectivity index (χ3n) is 3.36. The molecule has 0 bridgehead atoms. The van der Waals surface area contributed by atoms with Crippen LogP contribution in [0.4, 0.5) is 5.69 Å². The summed E-state index contributed by atoms with van der Waals surface area (Å²) in [5, 5.41) is 0. The molecule has 0 saturated carbocycles. The van der Waals surface area contributed by atoms with Gasteiger partial charge in [0.05, 0.1) is 0 Å². The van der Waals surface area contributed by atoms with E-state index in [1.807, 2.05) is 6.07 Å². The highest BCUT2D eigenvalue weighted by atomic mass is 79.9. The summed E-state index contributed by atoms with van der Waals surface area (Å²) in [6.07, 6.45) is 2.98. The third-order valence-corrected chi connectivity index (χ3v) is 3.86. The van der Waals surface area contributed by atoms with Crippen LogP contribution in [0.15, 0.2) is 28.7 Å². The van der Waals surface area contributed by atoms with Gasteiger partial charge in [0.15, 0.2) is 0 Å². The van der Waals surface area contributed by atoms with Crippen LogP contribution in [-0.4, -0.2) is 18.9 Å². The zero-order valence-corrected chi connectivity index (χ0v) is 11.7. The molecule has 17 heavy (non-hydrogen) atoms. The molecule has 1 atom stereocenters. The molecule has 2 nitrogen and oxygen atoms in total. The maximum atomic E-state index is 11.0. The fraction of sp³-hybridized carbons (Fsp3) is 0.500. The fourth-order valence-corrected chi connectivity index (χ4v) is 2.77. The summed E-state index contributed by atoms with van der Waals surface area (Å²) in [6.45, 7) is 3.88. The monoisotopic (exact) mass is 295 g/mol. The minimum atomic E-state index is 0.311. The Kier molecular flexibility index (Phi) is 4.21. The highest BCUT2D eigenvalue weighted by Gasteiger charge is 2.22. The van der Waals surface area contributed by atoms with Crippen molar-refractivity contribution in [3.8, 4) is 0 Å². The number of halogens is 1. The topological polar surface area (TPSA) is 20.3 Å². The smallest absolute Gasteiger partial charge is 0.129 e. The molecule has 0 N–H and O–H groups in total. The lowest BCUT2D eigenvalue weighted by Crippen LogP contribution is -2.19. The Hall–Kier alpha value is -0.830. The summed E-state index contributed by atoms with van der Waals surface area (Å²) >= 11 is 3.50. The van der Waals surface area contributed by atoms with Crippen molar-refractivity contribution in [3.05, 3.63) is 28.7 Å². The average Bonchev–Trinajstić information content (AvgIpc) is 2.75. The normalized spacial score (nSPS) is 19.6. The van der Waals surface area contributed by atoms with Crippen LogP contribution >= 0.6 is 15.9 Å². The van der Waals surface area contributed by atoms with Gasteiger partial charge in [-0.2, -0.15) is 0 Å². The van der Waals surface area contributed by atoms with Crippen LogP contribution in [0.2, 0.25) is 0 Å². The van der Waals surface area contributed by atoms with E-state index in [4.69, 9.17) is 0 Å². The van der Waals surface area contributed by atoms with Crippen molar-refractivity contribution in [1.82, 2.24) is 0 Å². The van der Waals surface area contributed by atoms with Gasteiger partial charge in [-0.3, -0.25) is 0 Å². The van der Waals surface area contributed by atoms with Gasteiger partial charge < -0.3 is 9.69 Å². The number of Topliss-reactive ketones (excluding diaryl/α,β-unsaturated/α-hetero) is 1. The summed E-state index contributed by atoms with van der Waals surface area (Å²) in [5.41, 5.74) is 1.28. The fourth-order valence-electron chi connectivity index (χ4n) is 2.38. The van der Waals surface area contributed by atoms with E-state index in [0.29, 0.717) is 11.7 Å². The number of nitrogens with zero attached hydrogens (tertiary/aromatic N) is 1. The third kappa shape index (κ3) is 3.56. The van der Waals surface area contributed by atoms with Crippen molar-refractivity contribution in [2.45, 2.75) is 26.2 Å². The quantitative estimate of drug-likeness (QED) is 0.845. The number of carbonyl (C=O) groups excluding carboxylic acids is 1. The number of hydrogen-bond acceptors (Lipinski definition) is 2. The van der Waals surface area contributed by atoms with Crippen LogP contribution in [-0.2, 0) is 4.79 Å². The molecule has 92 valence electrons. The van der Waals surface area contributed by atoms with Gasteiger partial charge in [-0.25, -0.2) is 0 Å². The number of benzene rings is 1. The van der Waals surface area contributed by atoms with Gasteiger partial charge in [0.1, 0.15) is 5.78 Å². The maximum absolute atomic E-state index is 11.0. The molecular formula is C14H18BrNO. The Morgan fingerprint density at radius 2 is 2.35 bits per heavy atom. The maximum Gasteiger partial charge on any atom is 0.129 e. The van der Waals surface area contributed by atoms with E-state index in [9.17, 15) is 4.79 Å². The molecule has 1 aliphatic rings. The van der Waals surface area contributed by atoms with Crippen molar-refractivity contribution >= 4 is 27.4 Å².